The summed E-state index contributed by atoms with van der Waals surface area (Å²) in [6.45, 7) is 3.58. The Bertz CT molecular complexity index is 875. The van der Waals surface area contributed by atoms with Crippen LogP contribution in [0.15, 0.2) is 18.2 Å². The summed E-state index contributed by atoms with van der Waals surface area (Å²) in [7, 11) is 0. The van der Waals surface area contributed by atoms with E-state index in [-0.39, 0.29) is 24.6 Å². The van der Waals surface area contributed by atoms with Crippen molar-refractivity contribution in [1.29, 1.82) is 0 Å². The second-order valence-electron chi connectivity index (χ2n) is 5.86. The molecule has 10 heteroatoms. The molecule has 1 aromatic heterocycles. The number of hydrogen-bond acceptors (Lipinski definition) is 6. The average Bonchev–Trinajstić information content (AvgIpc) is 2.88. The molecule has 2 aromatic rings. The molecule has 2 heterocycles. The first-order chi connectivity index (χ1) is 11.8. The van der Waals surface area contributed by atoms with Gasteiger partial charge in [0.05, 0.1) is 17.4 Å². The maximum absolute atomic E-state index is 12.2. The fourth-order valence-electron chi connectivity index (χ4n) is 2.66. The zero-order valence-electron chi connectivity index (χ0n) is 13.6. The predicted molar refractivity (Wildman–Crippen MR) is 88.0 cm³/mol. The molecule has 1 aliphatic heterocycles. The van der Waals surface area contributed by atoms with E-state index in [1.807, 2.05) is 0 Å². The van der Waals surface area contributed by atoms with Crippen LogP contribution in [-0.2, 0) is 16.1 Å². The minimum absolute atomic E-state index is 0.0636. The van der Waals surface area contributed by atoms with Gasteiger partial charge in [0, 0.05) is 23.7 Å². The molecule has 1 aliphatic rings. The van der Waals surface area contributed by atoms with Gasteiger partial charge in [-0.25, -0.2) is 4.68 Å². The van der Waals surface area contributed by atoms with Gasteiger partial charge in [-0.05, 0) is 19.9 Å². The summed E-state index contributed by atoms with van der Waals surface area (Å²) in [4.78, 5) is 38.8. The SMILES string of the molecule is Cc1nc2n(n1)CC(CC(=O)Nc1ccc(C)c([N+](=O)[O-])c1)C(=O)N2. The molecule has 0 fully saturated rings. The second kappa shape index (κ2) is 6.30. The molecule has 130 valence electrons. The van der Waals surface area contributed by atoms with Gasteiger partial charge in [-0.15, -0.1) is 0 Å². The van der Waals surface area contributed by atoms with E-state index in [4.69, 9.17) is 0 Å². The molecule has 0 saturated heterocycles. The number of amides is 2. The van der Waals surface area contributed by atoms with Crippen LogP contribution in [0.3, 0.4) is 0 Å². The Kier molecular flexibility index (Phi) is 4.17. The van der Waals surface area contributed by atoms with Crippen LogP contribution in [0.25, 0.3) is 0 Å². The van der Waals surface area contributed by atoms with E-state index in [0.29, 0.717) is 23.0 Å². The number of rotatable bonds is 4. The number of benzene rings is 1. The summed E-state index contributed by atoms with van der Waals surface area (Å²) in [5.41, 5.74) is 0.746. The fraction of sp³-hybridized carbons (Fsp3) is 0.333. The number of nitro groups is 1. The molecule has 1 aromatic carbocycles. The Morgan fingerprint density at radius 2 is 2.24 bits per heavy atom. The monoisotopic (exact) mass is 344 g/mol. The van der Waals surface area contributed by atoms with Gasteiger partial charge in [0.2, 0.25) is 17.8 Å². The topological polar surface area (TPSA) is 132 Å². The number of nitrogens with one attached hydrogen (secondary N) is 2. The number of nitro benzene ring substituents is 1. The van der Waals surface area contributed by atoms with E-state index in [2.05, 4.69) is 20.7 Å². The summed E-state index contributed by atoms with van der Waals surface area (Å²) < 4.78 is 1.55. The predicted octanol–water partition coefficient (Wildman–Crippen LogP) is 1.40. The standard InChI is InChI=1S/C15H16N6O4/c1-8-3-4-11(6-12(8)21(24)25)17-13(22)5-10-7-20-15(18-14(10)23)16-9(2)19-20/h3-4,6,10H,5,7H2,1-2H3,(H,17,22)(H,16,18,19,23). The van der Waals surface area contributed by atoms with Crippen molar-refractivity contribution in [3.8, 4) is 0 Å². The van der Waals surface area contributed by atoms with Gasteiger partial charge in [-0.2, -0.15) is 10.1 Å². The van der Waals surface area contributed by atoms with Crippen LogP contribution in [0.1, 0.15) is 17.8 Å². The summed E-state index contributed by atoms with van der Waals surface area (Å²) in [5.74, 6) is -0.391. The zero-order valence-corrected chi connectivity index (χ0v) is 13.6. The van der Waals surface area contributed by atoms with Gasteiger partial charge >= 0.3 is 0 Å². The molecule has 0 radical (unpaired) electrons. The highest BCUT2D eigenvalue weighted by atomic mass is 16.6. The number of carbonyl (C=O) groups excluding carboxylic acids is 2. The number of fused-ring (bicyclic) bond motifs is 1. The molecule has 0 aliphatic carbocycles. The van der Waals surface area contributed by atoms with Crippen LogP contribution in [0.5, 0.6) is 0 Å². The number of nitrogens with zero attached hydrogens (tertiary/aromatic N) is 4. The van der Waals surface area contributed by atoms with Gasteiger partial charge in [0.15, 0.2) is 0 Å². The lowest BCUT2D eigenvalue weighted by Crippen LogP contribution is -2.36. The third-order valence-electron chi connectivity index (χ3n) is 3.90. The van der Waals surface area contributed by atoms with Crippen LogP contribution in [0, 0.1) is 29.9 Å². The first-order valence-electron chi connectivity index (χ1n) is 7.60. The lowest BCUT2D eigenvalue weighted by molar-refractivity contribution is -0.385. The Morgan fingerprint density at radius 1 is 1.48 bits per heavy atom. The molecule has 1 atom stereocenters. The molecular weight excluding hydrogens is 328 g/mol. The molecule has 1 unspecified atom stereocenters. The lowest BCUT2D eigenvalue weighted by Gasteiger charge is -2.21. The largest absolute Gasteiger partial charge is 0.326 e. The number of aryl methyl sites for hydroxylation is 2. The minimum Gasteiger partial charge on any atom is -0.326 e. The van der Waals surface area contributed by atoms with Crippen molar-refractivity contribution in [2.75, 3.05) is 10.6 Å². The number of carbonyl (C=O) groups is 2. The van der Waals surface area contributed by atoms with E-state index < -0.39 is 16.7 Å². The van der Waals surface area contributed by atoms with Crippen molar-refractivity contribution in [3.05, 3.63) is 39.7 Å². The Morgan fingerprint density at radius 3 is 2.96 bits per heavy atom. The van der Waals surface area contributed by atoms with Crippen LogP contribution in [0.2, 0.25) is 0 Å². The van der Waals surface area contributed by atoms with Crippen molar-refractivity contribution < 1.29 is 14.5 Å². The molecule has 10 nitrogen and oxygen atoms in total. The van der Waals surface area contributed by atoms with E-state index in [9.17, 15) is 19.7 Å². The van der Waals surface area contributed by atoms with Crippen molar-refractivity contribution in [3.63, 3.8) is 0 Å². The van der Waals surface area contributed by atoms with E-state index in [0.717, 1.165) is 0 Å². The van der Waals surface area contributed by atoms with Crippen LogP contribution >= 0.6 is 0 Å². The summed E-state index contributed by atoms with van der Waals surface area (Å²) in [6.07, 6.45) is -0.0636. The molecule has 3 rings (SSSR count). The van der Waals surface area contributed by atoms with Crippen molar-refractivity contribution in [2.45, 2.75) is 26.8 Å². The quantitative estimate of drug-likeness (QED) is 0.636. The highest BCUT2D eigenvalue weighted by molar-refractivity contribution is 5.98. The van der Waals surface area contributed by atoms with Gasteiger partial charge < -0.3 is 5.32 Å². The van der Waals surface area contributed by atoms with Gasteiger partial charge in [-0.3, -0.25) is 25.0 Å². The Labute approximate surface area is 142 Å². The van der Waals surface area contributed by atoms with Crippen LogP contribution in [-0.4, -0.2) is 31.5 Å². The third-order valence-corrected chi connectivity index (χ3v) is 3.90. The van der Waals surface area contributed by atoms with E-state index >= 15 is 0 Å². The number of hydrogen-bond donors (Lipinski definition) is 2. The smallest absolute Gasteiger partial charge is 0.274 e. The lowest BCUT2D eigenvalue weighted by atomic mass is 10.0. The van der Waals surface area contributed by atoms with Crippen molar-refractivity contribution in [2.24, 2.45) is 5.92 Å². The van der Waals surface area contributed by atoms with Crippen LogP contribution < -0.4 is 10.6 Å². The first kappa shape index (κ1) is 16.6. The molecule has 25 heavy (non-hydrogen) atoms. The first-order valence-corrected chi connectivity index (χ1v) is 7.60. The highest BCUT2D eigenvalue weighted by Crippen LogP contribution is 2.23. The molecule has 2 amide bonds. The van der Waals surface area contributed by atoms with Crippen molar-refractivity contribution >= 4 is 29.1 Å². The molecule has 0 bridgehead atoms. The molecule has 0 spiro atoms. The summed E-state index contributed by atoms with van der Waals surface area (Å²) >= 11 is 0. The molecule has 0 saturated carbocycles. The molecule has 2 N–H and O–H groups in total. The number of anilines is 2. The second-order valence-corrected chi connectivity index (χ2v) is 5.86. The maximum Gasteiger partial charge on any atom is 0.274 e. The molecular formula is C15H16N6O4. The normalized spacial score (nSPS) is 16.1. The zero-order chi connectivity index (χ0) is 18.1. The minimum atomic E-state index is -0.589. The van der Waals surface area contributed by atoms with E-state index in [1.165, 1.54) is 6.07 Å². The fourth-order valence-corrected chi connectivity index (χ4v) is 2.66. The maximum atomic E-state index is 12.2. The summed E-state index contributed by atoms with van der Waals surface area (Å²) in [6, 6.07) is 4.44. The van der Waals surface area contributed by atoms with E-state index in [1.54, 1.807) is 30.7 Å². The average molecular weight is 344 g/mol. The Balaban J connectivity index is 1.68. The van der Waals surface area contributed by atoms with Gasteiger partial charge in [0.1, 0.15) is 5.82 Å². The van der Waals surface area contributed by atoms with Crippen LogP contribution in [0.4, 0.5) is 17.3 Å². The van der Waals surface area contributed by atoms with Gasteiger partial charge in [-0.1, -0.05) is 6.07 Å². The highest BCUT2D eigenvalue weighted by Gasteiger charge is 2.30. The third kappa shape index (κ3) is 3.47. The summed E-state index contributed by atoms with van der Waals surface area (Å²) in [5, 5.41) is 20.3. The Hall–Kier alpha value is -3.30. The van der Waals surface area contributed by atoms with Crippen molar-refractivity contribution in [1.82, 2.24) is 14.8 Å². The van der Waals surface area contributed by atoms with Gasteiger partial charge in [0.25, 0.3) is 5.69 Å². The number of aromatic nitrogens is 3.